The Morgan fingerprint density at radius 1 is 1.41 bits per heavy atom. The molecule has 1 atom stereocenters. The van der Waals surface area contributed by atoms with Gasteiger partial charge in [0.1, 0.15) is 0 Å². The zero-order valence-corrected chi connectivity index (χ0v) is 15.8. The third kappa shape index (κ3) is 3.98. The van der Waals surface area contributed by atoms with E-state index in [0.29, 0.717) is 24.1 Å². The fraction of sp³-hybridized carbons (Fsp3) is 0.611. The van der Waals surface area contributed by atoms with Crippen LogP contribution in [0.2, 0.25) is 0 Å². The lowest BCUT2D eigenvalue weighted by Gasteiger charge is -2.31. The molecule has 1 aliphatic heterocycles. The van der Waals surface area contributed by atoms with Gasteiger partial charge in [0.15, 0.2) is 11.2 Å². The number of aliphatic hydroxyl groups excluding tert-OH is 1. The summed E-state index contributed by atoms with van der Waals surface area (Å²) in [6.45, 7) is 8.04. The van der Waals surface area contributed by atoms with Crippen molar-refractivity contribution in [3.63, 3.8) is 0 Å². The Balaban J connectivity index is 2.03. The van der Waals surface area contributed by atoms with Crippen LogP contribution < -0.4 is 16.1 Å². The molecule has 1 aliphatic rings. The number of ether oxygens (including phenoxy) is 1. The standard InChI is InChI=1S/C18H27N5O4/c1-4-9-27-11-13(24)10-23-14-15(21(3)18(26)20-16(14)25)19-17(23)22-7-5-12(2)6-8-22/h4,12-13,24H,1,5-11H2,2-3H3,(H,20,25,26). The number of imidazole rings is 1. The lowest BCUT2D eigenvalue weighted by atomic mass is 10.00. The van der Waals surface area contributed by atoms with Gasteiger partial charge in [-0.25, -0.2) is 4.79 Å². The van der Waals surface area contributed by atoms with Crippen LogP contribution in [0.5, 0.6) is 0 Å². The van der Waals surface area contributed by atoms with E-state index in [4.69, 9.17) is 4.74 Å². The van der Waals surface area contributed by atoms with Crippen LogP contribution in [-0.2, 0) is 18.3 Å². The number of fused-ring (bicyclic) bond motifs is 1. The van der Waals surface area contributed by atoms with Gasteiger partial charge in [-0.1, -0.05) is 13.0 Å². The van der Waals surface area contributed by atoms with E-state index in [9.17, 15) is 14.7 Å². The van der Waals surface area contributed by atoms with Gasteiger partial charge in [-0.15, -0.1) is 6.58 Å². The zero-order valence-electron chi connectivity index (χ0n) is 15.8. The largest absolute Gasteiger partial charge is 0.389 e. The molecule has 0 aromatic carbocycles. The normalized spacial score (nSPS) is 16.8. The van der Waals surface area contributed by atoms with Gasteiger partial charge >= 0.3 is 5.69 Å². The molecule has 2 aromatic heterocycles. The van der Waals surface area contributed by atoms with Crippen molar-refractivity contribution >= 4 is 17.1 Å². The maximum absolute atomic E-state index is 12.5. The topological polar surface area (TPSA) is 105 Å². The first kappa shape index (κ1) is 19.4. The van der Waals surface area contributed by atoms with Crippen LogP contribution in [0, 0.1) is 5.92 Å². The number of aryl methyl sites for hydroxylation is 1. The molecule has 1 fully saturated rings. The Morgan fingerprint density at radius 2 is 2.11 bits per heavy atom. The highest BCUT2D eigenvalue weighted by atomic mass is 16.5. The van der Waals surface area contributed by atoms with Crippen LogP contribution >= 0.6 is 0 Å². The molecule has 0 amide bonds. The summed E-state index contributed by atoms with van der Waals surface area (Å²) in [5.41, 5.74) is -0.410. The van der Waals surface area contributed by atoms with Crippen molar-refractivity contribution in [3.05, 3.63) is 33.5 Å². The van der Waals surface area contributed by atoms with Gasteiger partial charge in [0.25, 0.3) is 5.56 Å². The Bertz CT molecular complexity index is 920. The quantitative estimate of drug-likeness (QED) is 0.528. The second kappa shape index (κ2) is 8.10. The number of aliphatic hydroxyl groups is 1. The molecule has 9 nitrogen and oxygen atoms in total. The fourth-order valence-electron chi connectivity index (χ4n) is 3.40. The predicted octanol–water partition coefficient (Wildman–Crippen LogP) is 0.223. The molecule has 148 valence electrons. The second-order valence-corrected chi connectivity index (χ2v) is 7.16. The molecule has 27 heavy (non-hydrogen) atoms. The highest BCUT2D eigenvalue weighted by molar-refractivity contribution is 5.74. The Kier molecular flexibility index (Phi) is 5.81. The number of rotatable bonds is 7. The minimum Gasteiger partial charge on any atom is -0.389 e. The van der Waals surface area contributed by atoms with E-state index in [1.807, 2.05) is 0 Å². The summed E-state index contributed by atoms with van der Waals surface area (Å²) in [4.78, 5) is 33.5. The maximum Gasteiger partial charge on any atom is 0.329 e. The van der Waals surface area contributed by atoms with Crippen molar-refractivity contribution in [2.75, 3.05) is 31.2 Å². The number of aromatic nitrogens is 4. The van der Waals surface area contributed by atoms with Crippen LogP contribution in [0.4, 0.5) is 5.95 Å². The molecular formula is C18H27N5O4. The first-order valence-corrected chi connectivity index (χ1v) is 9.23. The van der Waals surface area contributed by atoms with Crippen molar-refractivity contribution in [3.8, 4) is 0 Å². The van der Waals surface area contributed by atoms with E-state index in [1.165, 1.54) is 4.57 Å². The minimum absolute atomic E-state index is 0.117. The van der Waals surface area contributed by atoms with Gasteiger partial charge in [-0.2, -0.15) is 4.98 Å². The summed E-state index contributed by atoms with van der Waals surface area (Å²) in [5.74, 6) is 1.25. The van der Waals surface area contributed by atoms with Gasteiger partial charge in [-0.05, 0) is 18.8 Å². The van der Waals surface area contributed by atoms with Gasteiger partial charge in [0.2, 0.25) is 5.95 Å². The minimum atomic E-state index is -0.818. The number of piperidine rings is 1. The third-order valence-electron chi connectivity index (χ3n) is 4.99. The third-order valence-corrected chi connectivity index (χ3v) is 4.99. The molecule has 3 heterocycles. The molecule has 1 saturated heterocycles. The van der Waals surface area contributed by atoms with Crippen LogP contribution in [-0.4, -0.2) is 56.6 Å². The van der Waals surface area contributed by atoms with Crippen LogP contribution in [0.3, 0.4) is 0 Å². The lowest BCUT2D eigenvalue weighted by Crippen LogP contribution is -2.36. The molecule has 0 bridgehead atoms. The summed E-state index contributed by atoms with van der Waals surface area (Å²) >= 11 is 0. The summed E-state index contributed by atoms with van der Waals surface area (Å²) < 4.78 is 8.34. The van der Waals surface area contributed by atoms with Crippen molar-refractivity contribution in [1.29, 1.82) is 0 Å². The first-order chi connectivity index (χ1) is 12.9. The predicted molar refractivity (Wildman–Crippen MR) is 103 cm³/mol. The molecule has 0 saturated carbocycles. The van der Waals surface area contributed by atoms with Crippen molar-refractivity contribution in [1.82, 2.24) is 19.1 Å². The highest BCUT2D eigenvalue weighted by Gasteiger charge is 2.25. The van der Waals surface area contributed by atoms with Crippen molar-refractivity contribution in [2.24, 2.45) is 13.0 Å². The Hall–Kier alpha value is -2.39. The summed E-state index contributed by atoms with van der Waals surface area (Å²) in [6.07, 6.45) is 2.86. The molecule has 0 aliphatic carbocycles. The number of anilines is 1. The molecule has 0 radical (unpaired) electrons. The molecule has 2 aromatic rings. The van der Waals surface area contributed by atoms with E-state index < -0.39 is 17.4 Å². The smallest absolute Gasteiger partial charge is 0.329 e. The monoisotopic (exact) mass is 377 g/mol. The average Bonchev–Trinajstić information content (AvgIpc) is 3.00. The Labute approximate surface area is 156 Å². The number of H-pyrrole nitrogens is 1. The van der Waals surface area contributed by atoms with Crippen LogP contribution in [0.1, 0.15) is 19.8 Å². The summed E-state index contributed by atoms with van der Waals surface area (Å²) in [5, 5.41) is 10.4. The second-order valence-electron chi connectivity index (χ2n) is 7.16. The molecule has 2 N–H and O–H groups in total. The van der Waals surface area contributed by atoms with Crippen LogP contribution in [0.15, 0.2) is 22.2 Å². The molecule has 0 spiro atoms. The van der Waals surface area contributed by atoms with Gasteiger partial charge in [0, 0.05) is 20.1 Å². The van der Waals surface area contributed by atoms with E-state index in [1.54, 1.807) is 17.7 Å². The number of nitrogens with zero attached hydrogens (tertiary/aromatic N) is 4. The SMILES string of the molecule is C=CCOCC(O)Cn1c(N2CCC(C)CC2)nc2c1c(=O)[nH]c(=O)n2C. The first-order valence-electron chi connectivity index (χ1n) is 9.23. The number of aromatic amines is 1. The average molecular weight is 377 g/mol. The maximum atomic E-state index is 12.5. The van der Waals surface area contributed by atoms with Gasteiger partial charge in [0.05, 0.1) is 25.9 Å². The number of hydrogen-bond donors (Lipinski definition) is 2. The molecule has 3 rings (SSSR count). The zero-order chi connectivity index (χ0) is 19.6. The van der Waals surface area contributed by atoms with E-state index in [2.05, 4.69) is 28.4 Å². The van der Waals surface area contributed by atoms with Crippen molar-refractivity contribution < 1.29 is 9.84 Å². The van der Waals surface area contributed by atoms with E-state index >= 15 is 0 Å². The van der Waals surface area contributed by atoms with Crippen LogP contribution in [0.25, 0.3) is 11.2 Å². The van der Waals surface area contributed by atoms with E-state index in [0.717, 1.165) is 25.9 Å². The van der Waals surface area contributed by atoms with Crippen molar-refractivity contribution in [2.45, 2.75) is 32.4 Å². The van der Waals surface area contributed by atoms with Gasteiger partial charge in [-0.3, -0.25) is 14.3 Å². The van der Waals surface area contributed by atoms with Gasteiger partial charge < -0.3 is 19.3 Å². The Morgan fingerprint density at radius 3 is 2.78 bits per heavy atom. The molecular weight excluding hydrogens is 350 g/mol. The summed E-state index contributed by atoms with van der Waals surface area (Å²) in [7, 11) is 1.57. The fourth-order valence-corrected chi connectivity index (χ4v) is 3.40. The molecule has 9 heteroatoms. The highest BCUT2D eigenvalue weighted by Crippen LogP contribution is 2.25. The number of nitrogens with one attached hydrogen (secondary N) is 1. The summed E-state index contributed by atoms with van der Waals surface area (Å²) in [6, 6.07) is 0. The lowest BCUT2D eigenvalue weighted by molar-refractivity contribution is 0.0404. The van der Waals surface area contributed by atoms with E-state index in [-0.39, 0.29) is 18.7 Å². The number of hydrogen-bond acceptors (Lipinski definition) is 6. The molecule has 1 unspecified atom stereocenters.